The maximum absolute atomic E-state index is 6.22. The van der Waals surface area contributed by atoms with Gasteiger partial charge in [-0.15, -0.1) is 0 Å². The summed E-state index contributed by atoms with van der Waals surface area (Å²) in [6.07, 6.45) is 5.08. The van der Waals surface area contributed by atoms with Gasteiger partial charge < -0.3 is 0 Å². The number of nitrogens with zero attached hydrogens (tertiary/aromatic N) is 2. The minimum Gasteiger partial charge on any atom is -0.271 e. The third-order valence-corrected chi connectivity index (χ3v) is 3.57. The fourth-order valence-electron chi connectivity index (χ4n) is 2.33. The number of nitrogens with two attached hydrogens (primary N) is 1. The zero-order valence-electron chi connectivity index (χ0n) is 10.6. The smallest absolute Gasteiger partial charge is 0.0753 e. The van der Waals surface area contributed by atoms with Crippen LogP contribution in [-0.4, -0.2) is 9.97 Å². The van der Waals surface area contributed by atoms with Gasteiger partial charge in [0.2, 0.25) is 0 Å². The number of halogens is 1. The molecular weight excluding hydrogens is 272 g/mol. The molecule has 2 aromatic heterocycles. The molecule has 1 aromatic carbocycles. The first-order valence-corrected chi connectivity index (χ1v) is 6.58. The van der Waals surface area contributed by atoms with Gasteiger partial charge in [0.15, 0.2) is 0 Å². The van der Waals surface area contributed by atoms with Crippen LogP contribution in [0.15, 0.2) is 55.0 Å². The van der Waals surface area contributed by atoms with Crippen molar-refractivity contribution >= 4 is 22.5 Å². The second-order valence-electron chi connectivity index (χ2n) is 4.42. The summed E-state index contributed by atoms with van der Waals surface area (Å²) in [5.41, 5.74) is 5.59. The maximum atomic E-state index is 6.22. The third-order valence-electron chi connectivity index (χ3n) is 3.26. The summed E-state index contributed by atoms with van der Waals surface area (Å²) in [7, 11) is 0. The minimum absolute atomic E-state index is 0.232. The first kappa shape index (κ1) is 13.0. The van der Waals surface area contributed by atoms with E-state index in [4.69, 9.17) is 17.4 Å². The number of para-hydroxylation sites is 1. The highest BCUT2D eigenvalue weighted by molar-refractivity contribution is 6.31. The molecule has 20 heavy (non-hydrogen) atoms. The first-order valence-electron chi connectivity index (χ1n) is 6.20. The van der Waals surface area contributed by atoms with Gasteiger partial charge in [0, 0.05) is 29.5 Å². The van der Waals surface area contributed by atoms with Gasteiger partial charge in [-0.25, -0.2) is 5.43 Å². The van der Waals surface area contributed by atoms with Gasteiger partial charge >= 0.3 is 0 Å². The van der Waals surface area contributed by atoms with Crippen molar-refractivity contribution in [2.24, 2.45) is 5.84 Å². The number of aromatic nitrogens is 2. The van der Waals surface area contributed by atoms with Crippen molar-refractivity contribution in [3.05, 3.63) is 71.1 Å². The molecule has 2 heterocycles. The van der Waals surface area contributed by atoms with E-state index in [1.807, 2.05) is 36.4 Å². The maximum Gasteiger partial charge on any atom is 0.0753 e. The molecule has 1 unspecified atom stereocenters. The Morgan fingerprint density at radius 1 is 1.05 bits per heavy atom. The summed E-state index contributed by atoms with van der Waals surface area (Å²) in [4.78, 5) is 8.45. The zero-order chi connectivity index (χ0) is 13.9. The lowest BCUT2D eigenvalue weighted by molar-refractivity contribution is 0.639. The van der Waals surface area contributed by atoms with Crippen molar-refractivity contribution in [2.45, 2.75) is 6.04 Å². The van der Waals surface area contributed by atoms with Crippen LogP contribution in [0.1, 0.15) is 17.2 Å². The van der Waals surface area contributed by atoms with E-state index in [-0.39, 0.29) is 6.04 Å². The molecule has 0 aliphatic heterocycles. The Balaban J connectivity index is 2.20. The summed E-state index contributed by atoms with van der Waals surface area (Å²) in [5.74, 6) is 5.74. The van der Waals surface area contributed by atoms with Gasteiger partial charge in [0.05, 0.1) is 16.6 Å². The van der Waals surface area contributed by atoms with E-state index in [2.05, 4.69) is 15.4 Å². The summed E-state index contributed by atoms with van der Waals surface area (Å²) < 4.78 is 0. The summed E-state index contributed by atoms with van der Waals surface area (Å²) in [5, 5.41) is 1.64. The molecule has 3 aromatic rings. The van der Waals surface area contributed by atoms with Crippen LogP contribution < -0.4 is 11.3 Å². The van der Waals surface area contributed by atoms with Crippen molar-refractivity contribution in [1.29, 1.82) is 0 Å². The third kappa shape index (κ3) is 2.25. The van der Waals surface area contributed by atoms with Crippen LogP contribution in [-0.2, 0) is 0 Å². The normalized spacial score (nSPS) is 12.5. The Morgan fingerprint density at radius 3 is 2.70 bits per heavy atom. The number of nitrogens with one attached hydrogen (secondary N) is 1. The number of hydrogen-bond donors (Lipinski definition) is 2. The molecule has 0 aliphatic carbocycles. The SMILES string of the molecule is NNC(c1ccncc1Cl)c1cccc2cccnc12. The highest BCUT2D eigenvalue weighted by atomic mass is 35.5. The second-order valence-corrected chi connectivity index (χ2v) is 4.83. The topological polar surface area (TPSA) is 63.8 Å². The predicted molar refractivity (Wildman–Crippen MR) is 80.2 cm³/mol. The quantitative estimate of drug-likeness (QED) is 0.573. The van der Waals surface area contributed by atoms with Crippen LogP contribution >= 0.6 is 11.6 Å². The van der Waals surface area contributed by atoms with Gasteiger partial charge in [-0.3, -0.25) is 15.8 Å². The van der Waals surface area contributed by atoms with Crippen molar-refractivity contribution < 1.29 is 0 Å². The van der Waals surface area contributed by atoms with Crippen LogP contribution in [0.2, 0.25) is 5.02 Å². The summed E-state index contributed by atoms with van der Waals surface area (Å²) >= 11 is 6.22. The number of rotatable bonds is 3. The molecule has 0 saturated carbocycles. The molecule has 0 radical (unpaired) electrons. The highest BCUT2D eigenvalue weighted by Gasteiger charge is 2.18. The lowest BCUT2D eigenvalue weighted by Gasteiger charge is -2.19. The van der Waals surface area contributed by atoms with E-state index in [0.717, 1.165) is 22.0 Å². The lowest BCUT2D eigenvalue weighted by atomic mass is 9.97. The van der Waals surface area contributed by atoms with Crippen LogP contribution in [0.25, 0.3) is 10.9 Å². The molecule has 3 N–H and O–H groups in total. The van der Waals surface area contributed by atoms with Crippen molar-refractivity contribution in [3.8, 4) is 0 Å². The fraction of sp³-hybridized carbons (Fsp3) is 0.0667. The largest absolute Gasteiger partial charge is 0.271 e. The predicted octanol–water partition coefficient (Wildman–Crippen LogP) is 2.84. The number of benzene rings is 1. The Hall–Kier alpha value is -2.01. The average molecular weight is 285 g/mol. The molecule has 0 fully saturated rings. The summed E-state index contributed by atoms with van der Waals surface area (Å²) in [6, 6.07) is 11.6. The monoisotopic (exact) mass is 284 g/mol. The van der Waals surface area contributed by atoms with Gasteiger partial charge in [-0.2, -0.15) is 0 Å². The summed E-state index contributed by atoms with van der Waals surface area (Å²) in [6.45, 7) is 0. The molecular formula is C15H13ClN4. The van der Waals surface area contributed by atoms with Crippen LogP contribution in [0.3, 0.4) is 0 Å². The van der Waals surface area contributed by atoms with E-state index in [9.17, 15) is 0 Å². The molecule has 0 saturated heterocycles. The van der Waals surface area contributed by atoms with Gasteiger partial charge in [0.25, 0.3) is 0 Å². The molecule has 0 amide bonds. The van der Waals surface area contributed by atoms with Crippen molar-refractivity contribution in [2.75, 3.05) is 0 Å². The standard InChI is InChI=1S/C15H13ClN4/c16-13-9-18-8-6-11(13)15(20-17)12-5-1-3-10-4-2-7-19-14(10)12/h1-9,15,20H,17H2. The van der Waals surface area contributed by atoms with Crippen molar-refractivity contribution in [3.63, 3.8) is 0 Å². The Morgan fingerprint density at radius 2 is 1.90 bits per heavy atom. The number of hydrazine groups is 1. The zero-order valence-corrected chi connectivity index (χ0v) is 11.4. The van der Waals surface area contributed by atoms with Gasteiger partial charge in [-0.05, 0) is 17.7 Å². The van der Waals surface area contributed by atoms with E-state index >= 15 is 0 Å². The van der Waals surface area contributed by atoms with Crippen LogP contribution in [0.5, 0.6) is 0 Å². The molecule has 100 valence electrons. The molecule has 5 heteroatoms. The van der Waals surface area contributed by atoms with Gasteiger partial charge in [-0.1, -0.05) is 35.9 Å². The van der Waals surface area contributed by atoms with E-state index in [1.54, 1.807) is 18.6 Å². The number of fused-ring (bicyclic) bond motifs is 1. The molecule has 0 aliphatic rings. The lowest BCUT2D eigenvalue weighted by Crippen LogP contribution is -2.29. The number of pyridine rings is 2. The minimum atomic E-state index is -0.232. The second kappa shape index (κ2) is 5.54. The van der Waals surface area contributed by atoms with E-state index in [1.165, 1.54) is 0 Å². The Kier molecular flexibility index (Phi) is 3.60. The van der Waals surface area contributed by atoms with Crippen LogP contribution in [0.4, 0.5) is 0 Å². The first-order chi connectivity index (χ1) is 9.81. The molecule has 0 bridgehead atoms. The number of hydrogen-bond acceptors (Lipinski definition) is 4. The van der Waals surface area contributed by atoms with E-state index < -0.39 is 0 Å². The Labute approximate surface area is 121 Å². The molecule has 0 spiro atoms. The fourth-order valence-corrected chi connectivity index (χ4v) is 2.56. The average Bonchev–Trinajstić information content (AvgIpc) is 2.50. The van der Waals surface area contributed by atoms with Crippen molar-refractivity contribution in [1.82, 2.24) is 15.4 Å². The Bertz CT molecular complexity index is 739. The van der Waals surface area contributed by atoms with Gasteiger partial charge in [0.1, 0.15) is 0 Å². The van der Waals surface area contributed by atoms with E-state index in [0.29, 0.717) is 5.02 Å². The molecule has 3 rings (SSSR count). The molecule has 1 atom stereocenters. The van der Waals surface area contributed by atoms with Crippen LogP contribution in [0, 0.1) is 0 Å². The highest BCUT2D eigenvalue weighted by Crippen LogP contribution is 2.30. The molecule has 4 nitrogen and oxygen atoms in total.